The first-order chi connectivity index (χ1) is 11.2. The lowest BCUT2D eigenvalue weighted by atomic mass is 10.1. The molecule has 1 aliphatic rings. The van der Waals surface area contributed by atoms with E-state index in [1.165, 1.54) is 37.8 Å². The van der Waals surface area contributed by atoms with Gasteiger partial charge in [0.25, 0.3) is 0 Å². The van der Waals surface area contributed by atoms with Gasteiger partial charge in [-0.2, -0.15) is 0 Å². The maximum Gasteiger partial charge on any atom is 0.133 e. The van der Waals surface area contributed by atoms with Crippen molar-refractivity contribution in [3.8, 4) is 0 Å². The van der Waals surface area contributed by atoms with E-state index in [1.807, 2.05) is 12.2 Å². The van der Waals surface area contributed by atoms with E-state index in [0.717, 1.165) is 29.6 Å². The van der Waals surface area contributed by atoms with Gasteiger partial charge in [0.2, 0.25) is 0 Å². The number of rotatable bonds is 6. The molecule has 0 N–H and O–H groups in total. The van der Waals surface area contributed by atoms with Crippen LogP contribution in [0.3, 0.4) is 0 Å². The second-order valence-corrected chi connectivity index (χ2v) is 7.24. The molecule has 1 rings (SSSR count). The number of allylic oxidation sites excluding steroid dienone is 6. The van der Waals surface area contributed by atoms with Crippen LogP contribution in [0.5, 0.6) is 0 Å². The number of hydrogen-bond acceptors (Lipinski definition) is 2. The van der Waals surface area contributed by atoms with Crippen molar-refractivity contribution >= 4 is 25.3 Å². The van der Waals surface area contributed by atoms with Crippen LogP contribution in [0, 0.1) is 0 Å². The molecule has 0 fully saturated rings. The fourth-order valence-electron chi connectivity index (χ4n) is 2.45. The number of nitrogens with zero attached hydrogens (tertiary/aromatic N) is 1. The Labute approximate surface area is 152 Å². The normalized spacial score (nSPS) is 21.7. The van der Waals surface area contributed by atoms with Crippen LogP contribution in [0.25, 0.3) is 0 Å². The minimum absolute atomic E-state index is 0.643. The van der Waals surface area contributed by atoms with E-state index in [2.05, 4.69) is 49.2 Å². The van der Waals surface area contributed by atoms with Crippen LogP contribution < -0.4 is 0 Å². The molecule has 1 unspecified atom stereocenters. The van der Waals surface area contributed by atoms with Gasteiger partial charge in [-0.25, -0.2) is 0 Å². The van der Waals surface area contributed by atoms with Crippen LogP contribution in [-0.4, -0.2) is 24.4 Å². The van der Waals surface area contributed by atoms with Gasteiger partial charge in [-0.1, -0.05) is 47.2 Å². The van der Waals surface area contributed by atoms with Crippen molar-refractivity contribution in [3.63, 3.8) is 0 Å². The quantitative estimate of drug-likeness (QED) is 0.239. The van der Waals surface area contributed by atoms with Crippen LogP contribution in [0.4, 0.5) is 0 Å². The second kappa shape index (κ2) is 12.8. The molecule has 1 aliphatic heterocycles. The van der Waals surface area contributed by atoms with Crippen LogP contribution >= 0.6 is 25.3 Å². The third kappa shape index (κ3) is 9.30. The first-order valence-corrected chi connectivity index (χ1v) is 9.60. The summed E-state index contributed by atoms with van der Waals surface area (Å²) < 4.78 is 9.25. The monoisotopic (exact) mass is 397 g/mol. The summed E-state index contributed by atoms with van der Waals surface area (Å²) in [5, 5.41) is 0. The lowest BCUT2D eigenvalue weighted by Gasteiger charge is -2.14. The molecule has 1 heterocycles. The minimum Gasteiger partial charge on any atom is -0.488 e. The highest BCUT2D eigenvalue weighted by Gasteiger charge is 2.06. The van der Waals surface area contributed by atoms with Gasteiger partial charge in [-0.3, -0.25) is 4.67 Å². The molecule has 0 aromatic heterocycles. The summed E-state index contributed by atoms with van der Waals surface area (Å²) in [6.07, 6.45) is 16.8. The summed E-state index contributed by atoms with van der Waals surface area (Å²) in [5.74, 6) is 0.797. The Kier molecular flexibility index (Phi) is 11.3. The Bertz CT molecular complexity index is 468. The zero-order chi connectivity index (χ0) is 16.9. The predicted molar refractivity (Wildman–Crippen MR) is 109 cm³/mol. The molecule has 0 bridgehead atoms. The van der Waals surface area contributed by atoms with Gasteiger partial charge < -0.3 is 4.74 Å². The molecule has 23 heavy (non-hydrogen) atoms. The largest absolute Gasteiger partial charge is 0.488 e. The Morgan fingerprint density at radius 3 is 2.65 bits per heavy atom. The topological polar surface area (TPSA) is 12.5 Å². The molecule has 1 atom stereocenters. The molecule has 0 aromatic rings. The molecule has 4 heteroatoms. The highest BCUT2D eigenvalue weighted by atomic mass is 79.9. The van der Waals surface area contributed by atoms with Crippen LogP contribution in [0.1, 0.15) is 38.5 Å². The van der Waals surface area contributed by atoms with Gasteiger partial charge in [0.1, 0.15) is 12.4 Å². The van der Waals surface area contributed by atoms with E-state index in [4.69, 9.17) is 4.74 Å². The number of ether oxygens (including phenoxy) is 1. The van der Waals surface area contributed by atoms with E-state index in [-0.39, 0.29) is 0 Å². The molecular weight excluding hydrogens is 369 g/mol. The average Bonchev–Trinajstić information content (AvgIpc) is 2.57. The molecule has 0 saturated heterocycles. The minimum atomic E-state index is 0.643. The van der Waals surface area contributed by atoms with Crippen molar-refractivity contribution in [3.05, 3.63) is 59.4 Å². The Morgan fingerprint density at radius 2 is 1.91 bits per heavy atom. The van der Waals surface area contributed by atoms with Crippen molar-refractivity contribution in [1.82, 2.24) is 4.67 Å². The Morgan fingerprint density at radius 1 is 1.17 bits per heavy atom. The molecule has 0 saturated carbocycles. The van der Waals surface area contributed by atoms with Crippen molar-refractivity contribution < 1.29 is 4.74 Å². The highest BCUT2D eigenvalue weighted by Crippen LogP contribution is 2.21. The number of hydrogen-bond donors (Lipinski definition) is 0. The zero-order valence-corrected chi connectivity index (χ0v) is 16.7. The van der Waals surface area contributed by atoms with Crippen LogP contribution in [-0.2, 0) is 4.74 Å². The lowest BCUT2D eigenvalue weighted by Crippen LogP contribution is -2.13. The average molecular weight is 398 g/mol. The molecule has 2 nitrogen and oxygen atoms in total. The summed E-state index contributed by atoms with van der Waals surface area (Å²) in [4.78, 5) is 0. The first-order valence-electron chi connectivity index (χ1n) is 8.29. The smallest absolute Gasteiger partial charge is 0.133 e. The molecule has 0 aliphatic carbocycles. The SMILES string of the molecule is C=C/C=C(Br)\C(=C/C=C)OC/C1=C/CCCN(P)CCCCC1. The van der Waals surface area contributed by atoms with Gasteiger partial charge in [0.15, 0.2) is 0 Å². The highest BCUT2D eigenvalue weighted by molar-refractivity contribution is 9.11. The second-order valence-electron chi connectivity index (χ2n) is 5.66. The molecule has 0 spiro atoms. The molecule has 0 aromatic carbocycles. The standard InChI is InChI=1S/C19H29BrNOP/c1-3-10-18(20)19(11-4-2)22-16-17-12-6-5-8-14-21(23)15-9-7-13-17/h3-4,10-11,13H,1-2,5-9,12,14-16,23H2/b17-13+,18-10+,19-11+. The van der Waals surface area contributed by atoms with Crippen LogP contribution in [0.2, 0.25) is 0 Å². The van der Waals surface area contributed by atoms with E-state index < -0.39 is 0 Å². The fraction of sp³-hybridized carbons (Fsp3) is 0.474. The third-order valence-corrected chi connectivity index (χ3v) is 4.88. The number of halogens is 1. The van der Waals surface area contributed by atoms with Crippen molar-refractivity contribution in [2.75, 3.05) is 19.7 Å². The summed E-state index contributed by atoms with van der Waals surface area (Å²) in [6.45, 7) is 10.4. The lowest BCUT2D eigenvalue weighted by molar-refractivity contribution is 0.248. The Balaban J connectivity index is 2.63. The Hall–Kier alpha value is -0.630. The van der Waals surface area contributed by atoms with Crippen LogP contribution in [0.15, 0.2) is 59.4 Å². The molecule has 128 valence electrons. The first kappa shape index (κ1) is 20.4. The van der Waals surface area contributed by atoms with Gasteiger partial charge in [0.05, 0.1) is 4.48 Å². The summed E-state index contributed by atoms with van der Waals surface area (Å²) >= 11 is 3.52. The summed E-state index contributed by atoms with van der Waals surface area (Å²) in [6, 6.07) is 0. The molecule has 0 amide bonds. The van der Waals surface area contributed by atoms with Crippen molar-refractivity contribution in [1.29, 1.82) is 0 Å². The maximum atomic E-state index is 6.00. The molecule has 0 radical (unpaired) electrons. The third-order valence-electron chi connectivity index (χ3n) is 3.71. The van der Waals surface area contributed by atoms with E-state index in [1.54, 1.807) is 12.2 Å². The van der Waals surface area contributed by atoms with E-state index in [9.17, 15) is 0 Å². The zero-order valence-electron chi connectivity index (χ0n) is 14.0. The fourth-order valence-corrected chi connectivity index (χ4v) is 3.25. The van der Waals surface area contributed by atoms with Gasteiger partial charge in [-0.15, -0.1) is 0 Å². The van der Waals surface area contributed by atoms with E-state index >= 15 is 0 Å². The maximum absolute atomic E-state index is 6.00. The van der Waals surface area contributed by atoms with E-state index in [0.29, 0.717) is 6.61 Å². The summed E-state index contributed by atoms with van der Waals surface area (Å²) in [5.41, 5.74) is 1.40. The summed E-state index contributed by atoms with van der Waals surface area (Å²) in [7, 11) is 2.85. The predicted octanol–water partition coefficient (Wildman–Crippen LogP) is 5.91. The molecular formula is C19H29BrNOP. The van der Waals surface area contributed by atoms with Gasteiger partial charge in [0, 0.05) is 13.1 Å². The van der Waals surface area contributed by atoms with Crippen molar-refractivity contribution in [2.45, 2.75) is 38.5 Å². The van der Waals surface area contributed by atoms with Crippen molar-refractivity contribution in [2.24, 2.45) is 0 Å². The van der Waals surface area contributed by atoms with Gasteiger partial charge in [-0.05, 0) is 65.8 Å². The van der Waals surface area contributed by atoms with Gasteiger partial charge >= 0.3 is 0 Å².